The van der Waals surface area contributed by atoms with Gasteiger partial charge < -0.3 is 18.3 Å². The third-order valence-electron chi connectivity index (χ3n) is 3.11. The van der Waals surface area contributed by atoms with Crippen LogP contribution in [0, 0.1) is 0 Å². The number of ether oxygens (including phenoxy) is 2. The number of carbonyl (C=O) groups excluding carboxylic acids is 1. The van der Waals surface area contributed by atoms with Gasteiger partial charge in [-0.25, -0.2) is 4.79 Å². The van der Waals surface area contributed by atoms with Gasteiger partial charge in [0.15, 0.2) is 14.1 Å². The second-order valence-corrected chi connectivity index (χ2v) is 16.8. The van der Waals surface area contributed by atoms with Crippen LogP contribution in [0.2, 0.25) is 39.3 Å². The van der Waals surface area contributed by atoms with Crippen LogP contribution in [0.1, 0.15) is 12.5 Å². The Morgan fingerprint density at radius 3 is 2.16 bits per heavy atom. The van der Waals surface area contributed by atoms with Crippen molar-refractivity contribution in [2.24, 2.45) is 0 Å². The molecule has 0 spiro atoms. The maximum absolute atomic E-state index is 12.3. The zero-order valence-electron chi connectivity index (χ0n) is 16.8. The normalized spacial score (nSPS) is 13.3. The van der Waals surface area contributed by atoms with Gasteiger partial charge in [0.25, 0.3) is 0 Å². The molecule has 0 radical (unpaired) electrons. The average Bonchev–Trinajstić information content (AvgIpc) is 2.45. The van der Waals surface area contributed by atoms with Gasteiger partial charge in [-0.3, -0.25) is 0 Å². The summed E-state index contributed by atoms with van der Waals surface area (Å²) in [6.45, 7) is 14.7. The van der Waals surface area contributed by atoms with Gasteiger partial charge in [-0.05, 0) is 63.9 Å². The van der Waals surface area contributed by atoms with Crippen molar-refractivity contribution in [1.29, 1.82) is 0 Å². The zero-order valence-corrected chi connectivity index (χ0v) is 18.8. The molecule has 0 aromatic heterocycles. The monoisotopic (exact) mass is 384 g/mol. The van der Waals surface area contributed by atoms with Crippen molar-refractivity contribution in [2.75, 3.05) is 13.7 Å². The van der Waals surface area contributed by atoms with Crippen molar-refractivity contribution in [1.82, 2.24) is 0 Å². The lowest BCUT2D eigenvalue weighted by molar-refractivity contribution is -0.151. The Hall–Kier alpha value is -1.32. The quantitative estimate of drug-likeness (QED) is 0.471. The minimum Gasteiger partial charge on any atom is -0.542 e. The Morgan fingerprint density at radius 1 is 1.04 bits per heavy atom. The molecule has 1 aromatic carbocycles. The van der Waals surface area contributed by atoms with Gasteiger partial charge in [-0.15, -0.1) is 0 Å². The van der Waals surface area contributed by atoms with E-state index in [4.69, 9.17) is 18.3 Å². The predicted octanol–water partition coefficient (Wildman–Crippen LogP) is 4.23. The summed E-state index contributed by atoms with van der Waals surface area (Å²) < 4.78 is 22.7. The van der Waals surface area contributed by atoms with Gasteiger partial charge in [0.05, 0.1) is 13.7 Å². The highest BCUT2D eigenvalue weighted by atomic mass is 28.4. The van der Waals surface area contributed by atoms with Crippen molar-refractivity contribution in [2.45, 2.75) is 58.7 Å². The molecule has 0 aliphatic carbocycles. The highest BCUT2D eigenvalue weighted by Crippen LogP contribution is 2.31. The number of rotatable bonds is 9. The summed E-state index contributed by atoms with van der Waals surface area (Å²) in [7, 11) is -1.99. The highest BCUT2D eigenvalue weighted by Gasteiger charge is 2.28. The molecule has 142 valence electrons. The number of hydrogen-bond acceptors (Lipinski definition) is 5. The summed E-state index contributed by atoms with van der Waals surface area (Å²) in [4.78, 5) is 12.3. The van der Waals surface area contributed by atoms with E-state index in [0.29, 0.717) is 18.8 Å². The molecule has 7 heteroatoms. The number of hydrogen-bond donors (Lipinski definition) is 0. The fourth-order valence-corrected chi connectivity index (χ4v) is 4.16. The molecule has 0 bridgehead atoms. The number of carbonyl (C=O) groups is 1. The van der Waals surface area contributed by atoms with Crippen molar-refractivity contribution in [3.63, 3.8) is 0 Å². The largest absolute Gasteiger partial charge is 0.542 e. The molecule has 0 aliphatic rings. The molecule has 0 heterocycles. The van der Waals surface area contributed by atoms with E-state index >= 15 is 0 Å². The van der Waals surface area contributed by atoms with E-state index in [-0.39, 0.29) is 5.97 Å². The van der Waals surface area contributed by atoms with E-state index in [1.807, 2.05) is 18.2 Å². The molecular weight excluding hydrogens is 352 g/mol. The van der Waals surface area contributed by atoms with Crippen molar-refractivity contribution >= 4 is 22.6 Å². The Labute approximate surface area is 153 Å². The van der Waals surface area contributed by atoms with Crippen molar-refractivity contribution in [3.05, 3.63) is 23.8 Å². The van der Waals surface area contributed by atoms with Crippen LogP contribution in [0.15, 0.2) is 18.2 Å². The second-order valence-electron chi connectivity index (χ2n) is 7.87. The summed E-state index contributed by atoms with van der Waals surface area (Å²) in [5.74, 6) is 1.10. The third-order valence-corrected chi connectivity index (χ3v) is 4.93. The Bertz CT molecular complexity index is 576. The van der Waals surface area contributed by atoms with Crippen LogP contribution in [-0.2, 0) is 20.4 Å². The molecule has 1 rings (SSSR count). The zero-order chi connectivity index (χ0) is 19.3. The standard InChI is InChI=1S/C18H32O5Si2/c1-9-21-18(19)17(23-25(6,7)8)13-14-10-11-15(16(12-14)20-2)22-24(3,4)5/h10-12,17H,9,13H2,1-8H3. The van der Waals surface area contributed by atoms with Gasteiger partial charge in [-0.2, -0.15) is 0 Å². The van der Waals surface area contributed by atoms with E-state index in [1.165, 1.54) is 0 Å². The van der Waals surface area contributed by atoms with Gasteiger partial charge in [0, 0.05) is 6.42 Å². The van der Waals surface area contributed by atoms with E-state index in [1.54, 1.807) is 14.0 Å². The molecule has 0 fully saturated rings. The van der Waals surface area contributed by atoms with Gasteiger partial charge in [0.2, 0.25) is 8.32 Å². The molecule has 1 aromatic rings. The fourth-order valence-electron chi connectivity index (χ4n) is 2.30. The first kappa shape index (κ1) is 21.7. The highest BCUT2D eigenvalue weighted by molar-refractivity contribution is 6.70. The van der Waals surface area contributed by atoms with Crippen LogP contribution >= 0.6 is 0 Å². The summed E-state index contributed by atoms with van der Waals surface area (Å²) in [5.41, 5.74) is 0.955. The minimum absolute atomic E-state index is 0.314. The van der Waals surface area contributed by atoms with Crippen LogP contribution in [-0.4, -0.2) is 42.4 Å². The second kappa shape index (κ2) is 8.87. The van der Waals surface area contributed by atoms with Crippen LogP contribution in [0.5, 0.6) is 11.5 Å². The number of esters is 1. The molecule has 0 aliphatic heterocycles. The van der Waals surface area contributed by atoms with E-state index in [2.05, 4.69) is 39.3 Å². The molecule has 0 saturated carbocycles. The number of methoxy groups -OCH3 is 1. The van der Waals surface area contributed by atoms with Crippen LogP contribution in [0.4, 0.5) is 0 Å². The first-order valence-electron chi connectivity index (χ1n) is 8.65. The van der Waals surface area contributed by atoms with E-state index < -0.39 is 22.7 Å². The fraction of sp³-hybridized carbons (Fsp3) is 0.611. The predicted molar refractivity (Wildman–Crippen MR) is 106 cm³/mol. The molecule has 1 unspecified atom stereocenters. The Morgan fingerprint density at radius 2 is 1.68 bits per heavy atom. The van der Waals surface area contributed by atoms with Crippen LogP contribution in [0.3, 0.4) is 0 Å². The topological polar surface area (TPSA) is 54.0 Å². The molecule has 5 nitrogen and oxygen atoms in total. The van der Waals surface area contributed by atoms with Crippen molar-refractivity contribution in [3.8, 4) is 11.5 Å². The maximum atomic E-state index is 12.3. The van der Waals surface area contributed by atoms with E-state index in [0.717, 1.165) is 11.3 Å². The lowest BCUT2D eigenvalue weighted by atomic mass is 10.1. The molecule has 0 amide bonds. The molecule has 25 heavy (non-hydrogen) atoms. The van der Waals surface area contributed by atoms with Crippen LogP contribution < -0.4 is 9.16 Å². The van der Waals surface area contributed by atoms with Gasteiger partial charge in [0.1, 0.15) is 11.9 Å². The van der Waals surface area contributed by atoms with Gasteiger partial charge in [-0.1, -0.05) is 6.07 Å². The van der Waals surface area contributed by atoms with E-state index in [9.17, 15) is 4.79 Å². The Balaban J connectivity index is 3.02. The number of benzene rings is 1. The molecule has 0 N–H and O–H groups in total. The lowest BCUT2D eigenvalue weighted by Gasteiger charge is -2.25. The SMILES string of the molecule is CCOC(=O)C(Cc1ccc(O[Si](C)(C)C)c(OC)c1)O[Si](C)(C)C. The van der Waals surface area contributed by atoms with Gasteiger partial charge >= 0.3 is 5.97 Å². The first-order chi connectivity index (χ1) is 11.4. The Kier molecular flexibility index (Phi) is 7.70. The minimum atomic E-state index is -1.88. The summed E-state index contributed by atoms with van der Waals surface area (Å²) in [6, 6.07) is 5.77. The molecule has 0 saturated heterocycles. The summed E-state index contributed by atoms with van der Waals surface area (Å²) in [6.07, 6.45) is -0.146. The maximum Gasteiger partial charge on any atom is 0.334 e. The molecular formula is C18H32O5Si2. The first-order valence-corrected chi connectivity index (χ1v) is 15.5. The summed E-state index contributed by atoms with van der Waals surface area (Å²) in [5, 5.41) is 0. The molecule has 1 atom stereocenters. The third kappa shape index (κ3) is 8.07. The smallest absolute Gasteiger partial charge is 0.334 e. The van der Waals surface area contributed by atoms with Crippen molar-refractivity contribution < 1.29 is 23.1 Å². The van der Waals surface area contributed by atoms with Crippen LogP contribution in [0.25, 0.3) is 0 Å². The lowest BCUT2D eigenvalue weighted by Crippen LogP contribution is -2.39. The average molecular weight is 385 g/mol. The summed E-state index contributed by atoms with van der Waals surface area (Å²) >= 11 is 0.